The molecule has 0 radical (unpaired) electrons. The Kier molecular flexibility index (Phi) is 4.49. The highest BCUT2D eigenvalue weighted by molar-refractivity contribution is 6.02. The fraction of sp³-hybridized carbons (Fsp3) is 0.133. The first-order valence-electron chi connectivity index (χ1n) is 6.26. The Labute approximate surface area is 121 Å². The van der Waals surface area contributed by atoms with Gasteiger partial charge in [0.1, 0.15) is 5.69 Å². The molecule has 1 heterocycles. The highest BCUT2D eigenvalue weighted by Gasteiger charge is 2.08. The van der Waals surface area contributed by atoms with Gasteiger partial charge in [0.05, 0.1) is 12.7 Å². The van der Waals surface area contributed by atoms with Gasteiger partial charge in [0.15, 0.2) is 0 Å². The van der Waals surface area contributed by atoms with Gasteiger partial charge < -0.3 is 16.0 Å². The van der Waals surface area contributed by atoms with Crippen molar-refractivity contribution in [2.75, 3.05) is 11.9 Å². The number of anilines is 1. The molecule has 0 bridgehead atoms. The molecule has 0 aliphatic heterocycles. The number of nitrogens with two attached hydrogens (primary N) is 1. The zero-order chi connectivity index (χ0) is 15.2. The van der Waals surface area contributed by atoms with Crippen LogP contribution in [0.2, 0.25) is 0 Å². The summed E-state index contributed by atoms with van der Waals surface area (Å²) in [5.74, 6) is 5.34. The van der Waals surface area contributed by atoms with Gasteiger partial charge in [-0.25, -0.2) is 4.98 Å². The molecule has 0 aliphatic rings. The molecule has 0 saturated heterocycles. The Bertz CT molecular complexity index is 764. The van der Waals surface area contributed by atoms with Gasteiger partial charge in [-0.2, -0.15) is 0 Å². The highest BCUT2D eigenvalue weighted by atomic mass is 16.2. The predicted molar refractivity (Wildman–Crippen MR) is 79.9 cm³/mol. The molecule has 0 atom stereocenters. The number of benzene rings is 1. The van der Waals surface area contributed by atoms with Crippen molar-refractivity contribution in [3.63, 3.8) is 0 Å². The third-order valence-electron chi connectivity index (χ3n) is 2.71. The molecular weight excluding hydrogens is 268 g/mol. The van der Waals surface area contributed by atoms with Gasteiger partial charge in [0, 0.05) is 17.4 Å². The van der Waals surface area contributed by atoms with Gasteiger partial charge >= 0.3 is 0 Å². The second-order valence-corrected chi connectivity index (χ2v) is 4.29. The largest absolute Gasteiger partial charge is 0.325 e. The molecule has 4 N–H and O–H groups in total. The molecule has 1 aromatic heterocycles. The number of carbonyl (C=O) groups excluding carboxylic acids is 1. The monoisotopic (exact) mass is 282 g/mol. The minimum absolute atomic E-state index is 0.138. The SMILES string of the molecule is Cc1cc(NC(=O)c2c[nH]c(=O)cn2)ccc1C#CCN. The lowest BCUT2D eigenvalue weighted by Crippen LogP contribution is -2.17. The number of aryl methyl sites for hydroxylation is 1. The molecule has 6 nitrogen and oxygen atoms in total. The quantitative estimate of drug-likeness (QED) is 0.704. The molecule has 2 rings (SSSR count). The first-order valence-corrected chi connectivity index (χ1v) is 6.26. The van der Waals surface area contributed by atoms with Crippen LogP contribution < -0.4 is 16.6 Å². The maximum atomic E-state index is 12.0. The van der Waals surface area contributed by atoms with E-state index in [0.717, 1.165) is 17.3 Å². The summed E-state index contributed by atoms with van der Waals surface area (Å²) in [5, 5.41) is 2.71. The Morgan fingerprint density at radius 3 is 2.90 bits per heavy atom. The molecule has 0 unspecified atom stereocenters. The minimum Gasteiger partial charge on any atom is -0.325 e. The summed E-state index contributed by atoms with van der Waals surface area (Å²) in [6.45, 7) is 2.20. The number of aromatic amines is 1. The molecule has 2 aromatic rings. The highest BCUT2D eigenvalue weighted by Crippen LogP contribution is 2.15. The normalized spacial score (nSPS) is 9.62. The summed E-state index contributed by atoms with van der Waals surface area (Å²) in [6.07, 6.45) is 2.33. The number of hydrogen-bond acceptors (Lipinski definition) is 4. The van der Waals surface area contributed by atoms with E-state index in [1.54, 1.807) is 6.07 Å². The second kappa shape index (κ2) is 6.50. The van der Waals surface area contributed by atoms with Crippen LogP contribution in [0.3, 0.4) is 0 Å². The smallest absolute Gasteiger partial charge is 0.275 e. The Morgan fingerprint density at radius 1 is 1.48 bits per heavy atom. The molecular formula is C15H14N4O2. The van der Waals surface area contributed by atoms with Gasteiger partial charge in [-0.15, -0.1) is 0 Å². The van der Waals surface area contributed by atoms with Crippen molar-refractivity contribution < 1.29 is 4.79 Å². The van der Waals surface area contributed by atoms with Crippen LogP contribution in [0.25, 0.3) is 0 Å². The fourth-order valence-corrected chi connectivity index (χ4v) is 1.69. The third kappa shape index (κ3) is 3.78. The number of carbonyl (C=O) groups is 1. The maximum Gasteiger partial charge on any atom is 0.275 e. The summed E-state index contributed by atoms with van der Waals surface area (Å²) >= 11 is 0. The number of nitrogens with zero attached hydrogens (tertiary/aromatic N) is 1. The maximum absolute atomic E-state index is 12.0. The van der Waals surface area contributed by atoms with Crippen LogP contribution in [0.5, 0.6) is 0 Å². The van der Waals surface area contributed by atoms with Crippen molar-refractivity contribution in [2.24, 2.45) is 5.73 Å². The summed E-state index contributed by atoms with van der Waals surface area (Å²) in [4.78, 5) is 29.0. The number of hydrogen-bond donors (Lipinski definition) is 3. The van der Waals surface area contributed by atoms with Crippen molar-refractivity contribution >= 4 is 11.6 Å². The van der Waals surface area contributed by atoms with Crippen molar-refractivity contribution in [3.8, 4) is 11.8 Å². The molecule has 0 saturated carbocycles. The fourth-order valence-electron chi connectivity index (χ4n) is 1.69. The third-order valence-corrected chi connectivity index (χ3v) is 2.71. The van der Waals surface area contributed by atoms with Crippen molar-refractivity contribution in [2.45, 2.75) is 6.92 Å². The molecule has 0 aliphatic carbocycles. The Morgan fingerprint density at radius 2 is 2.29 bits per heavy atom. The van der Waals surface area contributed by atoms with E-state index in [1.807, 2.05) is 19.1 Å². The molecule has 0 fully saturated rings. The molecule has 6 heteroatoms. The number of H-pyrrole nitrogens is 1. The van der Waals surface area contributed by atoms with Gasteiger partial charge in [-0.1, -0.05) is 11.8 Å². The Balaban J connectivity index is 2.16. The topological polar surface area (TPSA) is 101 Å². The lowest BCUT2D eigenvalue weighted by Gasteiger charge is -2.06. The summed E-state index contributed by atoms with van der Waals surface area (Å²) in [6, 6.07) is 5.37. The van der Waals surface area contributed by atoms with Crippen LogP contribution in [-0.2, 0) is 0 Å². The molecule has 21 heavy (non-hydrogen) atoms. The average Bonchev–Trinajstić information content (AvgIpc) is 2.47. The standard InChI is InChI=1S/C15H14N4O2/c1-10-7-12(5-4-11(10)3-2-6-16)19-15(21)13-8-18-14(20)9-17-13/h4-5,7-9H,6,16H2,1H3,(H,18,20)(H,19,21). The van der Waals surface area contributed by atoms with E-state index in [4.69, 9.17) is 5.73 Å². The first-order chi connectivity index (χ1) is 10.1. The van der Waals surface area contributed by atoms with Gasteiger partial charge in [-0.05, 0) is 30.7 Å². The predicted octanol–water partition coefficient (Wildman–Crippen LogP) is 0.641. The molecule has 1 aromatic carbocycles. The lowest BCUT2D eigenvalue weighted by atomic mass is 10.1. The summed E-state index contributed by atoms with van der Waals surface area (Å²) < 4.78 is 0. The molecule has 1 amide bonds. The van der Waals surface area contributed by atoms with E-state index in [2.05, 4.69) is 27.1 Å². The van der Waals surface area contributed by atoms with Gasteiger partial charge in [0.2, 0.25) is 0 Å². The van der Waals surface area contributed by atoms with Gasteiger partial charge in [0.25, 0.3) is 11.5 Å². The van der Waals surface area contributed by atoms with E-state index < -0.39 is 5.91 Å². The van der Waals surface area contributed by atoms with Crippen LogP contribution in [0.4, 0.5) is 5.69 Å². The van der Waals surface area contributed by atoms with Crippen LogP contribution in [0.1, 0.15) is 21.6 Å². The molecule has 0 spiro atoms. The first kappa shape index (κ1) is 14.5. The number of aromatic nitrogens is 2. The van der Waals surface area contributed by atoms with Crippen LogP contribution in [0.15, 0.2) is 35.4 Å². The van der Waals surface area contributed by atoms with Crippen molar-refractivity contribution in [3.05, 3.63) is 57.8 Å². The van der Waals surface area contributed by atoms with Crippen LogP contribution >= 0.6 is 0 Å². The zero-order valence-corrected chi connectivity index (χ0v) is 11.4. The van der Waals surface area contributed by atoms with Crippen LogP contribution in [0, 0.1) is 18.8 Å². The van der Waals surface area contributed by atoms with E-state index in [9.17, 15) is 9.59 Å². The van der Waals surface area contributed by atoms with Gasteiger partial charge in [-0.3, -0.25) is 9.59 Å². The number of nitrogens with one attached hydrogen (secondary N) is 2. The second-order valence-electron chi connectivity index (χ2n) is 4.29. The summed E-state index contributed by atoms with van der Waals surface area (Å²) in [7, 11) is 0. The Hall–Kier alpha value is -2.91. The van der Waals surface area contributed by atoms with Crippen LogP contribution in [-0.4, -0.2) is 22.4 Å². The van der Waals surface area contributed by atoms with Crippen molar-refractivity contribution in [1.29, 1.82) is 0 Å². The number of amides is 1. The van der Waals surface area contributed by atoms with E-state index in [0.29, 0.717) is 12.2 Å². The van der Waals surface area contributed by atoms with E-state index >= 15 is 0 Å². The summed E-state index contributed by atoms with van der Waals surface area (Å²) in [5.41, 5.74) is 7.54. The minimum atomic E-state index is -0.397. The number of rotatable bonds is 2. The average molecular weight is 282 g/mol. The molecule has 106 valence electrons. The van der Waals surface area contributed by atoms with E-state index in [1.165, 1.54) is 6.20 Å². The zero-order valence-electron chi connectivity index (χ0n) is 11.4. The van der Waals surface area contributed by atoms with Crippen molar-refractivity contribution in [1.82, 2.24) is 9.97 Å². The van der Waals surface area contributed by atoms with E-state index in [-0.39, 0.29) is 11.3 Å². The lowest BCUT2D eigenvalue weighted by molar-refractivity contribution is 0.102.